The number of oxazole rings is 1. The molecule has 126 valence electrons. The van der Waals surface area contributed by atoms with Crippen molar-refractivity contribution in [2.75, 3.05) is 18.8 Å². The molecule has 0 radical (unpaired) electrons. The minimum atomic E-state index is -3.56. The Kier molecular flexibility index (Phi) is 6.59. The van der Waals surface area contributed by atoms with Gasteiger partial charge < -0.3 is 9.32 Å². The van der Waals surface area contributed by atoms with E-state index >= 15 is 0 Å². The minimum absolute atomic E-state index is 0.268. The second-order valence-corrected chi connectivity index (χ2v) is 8.53. The number of nitrogens with zero attached hydrogens (tertiary/aromatic N) is 2. The van der Waals surface area contributed by atoms with Crippen molar-refractivity contribution in [1.29, 1.82) is 0 Å². The summed E-state index contributed by atoms with van der Waals surface area (Å²) in [6, 6.07) is 0. The van der Waals surface area contributed by atoms with Gasteiger partial charge in [0.2, 0.25) is 5.91 Å². The van der Waals surface area contributed by atoms with Gasteiger partial charge in [-0.3, -0.25) is 4.79 Å². The van der Waals surface area contributed by atoms with Gasteiger partial charge in [-0.1, -0.05) is 27.7 Å². The van der Waals surface area contributed by atoms with E-state index in [4.69, 9.17) is 4.42 Å². The maximum Gasteiger partial charge on any atom is 0.237 e. The smallest absolute Gasteiger partial charge is 0.237 e. The molecule has 0 atom stereocenters. The van der Waals surface area contributed by atoms with E-state index in [2.05, 4.69) is 4.98 Å². The summed E-state index contributed by atoms with van der Waals surface area (Å²) in [5, 5.41) is 0. The molecule has 0 aromatic carbocycles. The van der Waals surface area contributed by atoms with E-state index < -0.39 is 15.6 Å². The number of hydrogen-bond acceptors (Lipinski definition) is 5. The van der Waals surface area contributed by atoms with Crippen LogP contribution < -0.4 is 0 Å². The molecule has 0 saturated heterocycles. The van der Waals surface area contributed by atoms with Crippen molar-refractivity contribution in [3.63, 3.8) is 0 Å². The molecule has 0 saturated carbocycles. The van der Waals surface area contributed by atoms with E-state index in [0.717, 1.165) is 0 Å². The van der Waals surface area contributed by atoms with Crippen LogP contribution in [0.25, 0.3) is 0 Å². The second-order valence-electron chi connectivity index (χ2n) is 6.46. The normalized spacial score (nSPS) is 12.1. The lowest BCUT2D eigenvalue weighted by Gasteiger charge is -2.26. The van der Waals surface area contributed by atoms with Crippen molar-refractivity contribution < 1.29 is 17.6 Å². The van der Waals surface area contributed by atoms with Gasteiger partial charge in [-0.15, -0.1) is 0 Å². The van der Waals surface area contributed by atoms with Gasteiger partial charge in [-0.25, -0.2) is 13.4 Å². The third kappa shape index (κ3) is 6.60. The van der Waals surface area contributed by atoms with Crippen LogP contribution in [0.2, 0.25) is 0 Å². The summed E-state index contributed by atoms with van der Waals surface area (Å²) in [5.41, 5.74) is 0. The van der Waals surface area contributed by atoms with Gasteiger partial charge in [-0.2, -0.15) is 0 Å². The molecular weight excluding hydrogens is 304 g/mol. The lowest BCUT2D eigenvalue weighted by Crippen LogP contribution is -2.40. The summed E-state index contributed by atoms with van der Waals surface area (Å²) < 4.78 is 29.5. The van der Waals surface area contributed by atoms with Crippen LogP contribution >= 0.6 is 0 Å². The Hall–Kier alpha value is -1.37. The average molecular weight is 330 g/mol. The number of aromatic nitrogens is 1. The number of carbonyl (C=O) groups excluding carboxylic acids is 1. The molecule has 0 bridgehead atoms. The van der Waals surface area contributed by atoms with Crippen LogP contribution in [0, 0.1) is 18.8 Å². The van der Waals surface area contributed by atoms with Gasteiger partial charge in [0.1, 0.15) is 17.3 Å². The van der Waals surface area contributed by atoms with Crippen molar-refractivity contribution in [3.8, 4) is 0 Å². The van der Waals surface area contributed by atoms with Gasteiger partial charge in [0.25, 0.3) is 0 Å². The molecule has 0 aliphatic heterocycles. The predicted molar refractivity (Wildman–Crippen MR) is 85.0 cm³/mol. The van der Waals surface area contributed by atoms with Crippen LogP contribution in [-0.4, -0.2) is 43.1 Å². The lowest BCUT2D eigenvalue weighted by atomic mass is 10.1. The van der Waals surface area contributed by atoms with Crippen molar-refractivity contribution in [2.45, 2.75) is 40.4 Å². The van der Waals surface area contributed by atoms with Crippen LogP contribution in [0.4, 0.5) is 0 Å². The first-order chi connectivity index (χ1) is 10.1. The fraction of sp³-hybridized carbons (Fsp3) is 0.733. The highest BCUT2D eigenvalue weighted by Gasteiger charge is 2.24. The Morgan fingerprint density at radius 1 is 1.23 bits per heavy atom. The van der Waals surface area contributed by atoms with Crippen molar-refractivity contribution in [1.82, 2.24) is 9.88 Å². The molecule has 0 N–H and O–H groups in total. The lowest BCUT2D eigenvalue weighted by molar-refractivity contribution is -0.129. The molecule has 0 fully saturated rings. The molecule has 1 amide bonds. The molecule has 1 rings (SSSR count). The summed E-state index contributed by atoms with van der Waals surface area (Å²) in [4.78, 5) is 17.8. The molecule has 0 aliphatic rings. The van der Waals surface area contributed by atoms with E-state index in [9.17, 15) is 13.2 Å². The molecule has 0 aliphatic carbocycles. The van der Waals surface area contributed by atoms with Crippen LogP contribution in [0.3, 0.4) is 0 Å². The van der Waals surface area contributed by atoms with Crippen molar-refractivity contribution in [3.05, 3.63) is 17.8 Å². The molecule has 1 aromatic rings. The zero-order chi connectivity index (χ0) is 16.9. The van der Waals surface area contributed by atoms with Gasteiger partial charge in [0.15, 0.2) is 15.7 Å². The molecule has 22 heavy (non-hydrogen) atoms. The molecule has 6 nitrogen and oxygen atoms in total. The fourth-order valence-corrected chi connectivity index (χ4v) is 3.41. The molecule has 1 aromatic heterocycles. The number of aryl methyl sites for hydroxylation is 1. The minimum Gasteiger partial charge on any atom is -0.445 e. The maximum absolute atomic E-state index is 12.3. The number of rotatable bonds is 8. The first-order valence-corrected chi connectivity index (χ1v) is 9.30. The summed E-state index contributed by atoms with van der Waals surface area (Å²) in [6.07, 6.45) is 1.39. The van der Waals surface area contributed by atoms with E-state index in [-0.39, 0.29) is 17.4 Å². The number of amides is 1. The predicted octanol–water partition coefficient (Wildman–Crippen LogP) is 2.04. The summed E-state index contributed by atoms with van der Waals surface area (Å²) in [6.45, 7) is 10.8. The summed E-state index contributed by atoms with van der Waals surface area (Å²) in [5.74, 6) is 0.133. The largest absolute Gasteiger partial charge is 0.445 e. The van der Waals surface area contributed by atoms with Crippen molar-refractivity contribution in [2.24, 2.45) is 11.8 Å². The monoisotopic (exact) mass is 330 g/mol. The zero-order valence-corrected chi connectivity index (χ0v) is 14.8. The average Bonchev–Trinajstić information content (AvgIpc) is 2.70. The Morgan fingerprint density at radius 3 is 2.18 bits per heavy atom. The van der Waals surface area contributed by atoms with Gasteiger partial charge in [-0.05, 0) is 11.8 Å². The number of hydrogen-bond donors (Lipinski definition) is 0. The van der Waals surface area contributed by atoms with E-state index in [1.54, 1.807) is 11.8 Å². The molecule has 7 heteroatoms. The quantitative estimate of drug-likeness (QED) is 0.728. The highest BCUT2D eigenvalue weighted by molar-refractivity contribution is 7.91. The van der Waals surface area contributed by atoms with E-state index in [1.807, 2.05) is 27.7 Å². The zero-order valence-electron chi connectivity index (χ0n) is 14.0. The van der Waals surface area contributed by atoms with Gasteiger partial charge in [0.05, 0.1) is 6.20 Å². The van der Waals surface area contributed by atoms with Crippen molar-refractivity contribution >= 4 is 15.7 Å². The topological polar surface area (TPSA) is 80.5 Å². The molecule has 0 spiro atoms. The Bertz CT molecular complexity index is 580. The van der Waals surface area contributed by atoms with Gasteiger partial charge >= 0.3 is 0 Å². The Labute approximate surface area is 132 Å². The van der Waals surface area contributed by atoms with Crippen LogP contribution in [0.1, 0.15) is 39.3 Å². The third-order valence-corrected chi connectivity index (χ3v) is 4.31. The van der Waals surface area contributed by atoms with E-state index in [0.29, 0.717) is 30.8 Å². The molecule has 1 heterocycles. The fourth-order valence-electron chi connectivity index (χ4n) is 2.18. The maximum atomic E-state index is 12.3. The SMILES string of the molecule is Cc1ncc(CS(=O)(=O)CC(=O)N(CC(C)C)CC(C)C)o1. The highest BCUT2D eigenvalue weighted by Crippen LogP contribution is 2.11. The Morgan fingerprint density at radius 2 is 1.77 bits per heavy atom. The van der Waals surface area contributed by atoms with Crippen LogP contribution in [-0.2, 0) is 20.4 Å². The standard InChI is InChI=1S/C15H26N2O4S/c1-11(2)7-17(8-12(3)4)15(18)10-22(19,20)9-14-6-16-13(5)21-14/h6,11-12H,7-10H2,1-5H3. The first-order valence-electron chi connectivity index (χ1n) is 7.48. The summed E-state index contributed by atoms with van der Waals surface area (Å²) in [7, 11) is -3.56. The summed E-state index contributed by atoms with van der Waals surface area (Å²) >= 11 is 0. The Balaban J connectivity index is 2.73. The second kappa shape index (κ2) is 7.76. The third-order valence-electron chi connectivity index (χ3n) is 2.90. The first kappa shape index (κ1) is 18.7. The molecule has 0 unspecified atom stereocenters. The van der Waals surface area contributed by atoms with Crippen LogP contribution in [0.15, 0.2) is 10.6 Å². The highest BCUT2D eigenvalue weighted by atomic mass is 32.2. The van der Waals surface area contributed by atoms with E-state index in [1.165, 1.54) is 6.20 Å². The number of sulfone groups is 1. The van der Waals surface area contributed by atoms with Gasteiger partial charge in [0, 0.05) is 20.0 Å². The van der Waals surface area contributed by atoms with Crippen LogP contribution in [0.5, 0.6) is 0 Å². The number of carbonyl (C=O) groups is 1. The molecular formula is C15H26N2O4S.